The van der Waals surface area contributed by atoms with Gasteiger partial charge in [0.15, 0.2) is 0 Å². The van der Waals surface area contributed by atoms with Crippen LogP contribution >= 0.6 is 12.1 Å². The second kappa shape index (κ2) is 2.76. The molecule has 3 fully saturated rings. The standard InChI is InChI=1S/C7H12N4OS/c12-7-8-3-1-2-4-6(5(3)9-7)11-13-10-4/h3-6,10-11H,1-2H2,(H2,8,9,12). The van der Waals surface area contributed by atoms with E-state index in [2.05, 4.69) is 20.1 Å². The van der Waals surface area contributed by atoms with E-state index >= 15 is 0 Å². The van der Waals surface area contributed by atoms with Crippen LogP contribution in [-0.4, -0.2) is 30.2 Å². The first-order chi connectivity index (χ1) is 6.34. The van der Waals surface area contributed by atoms with E-state index in [0.29, 0.717) is 18.1 Å². The second-order valence-electron chi connectivity index (χ2n) is 3.80. The molecule has 0 bridgehead atoms. The number of carbonyl (C=O) groups is 1. The molecule has 2 heterocycles. The first kappa shape index (κ1) is 7.90. The Kier molecular flexibility index (Phi) is 1.68. The van der Waals surface area contributed by atoms with Crippen molar-refractivity contribution in [2.24, 2.45) is 0 Å². The van der Waals surface area contributed by atoms with Gasteiger partial charge in [-0.15, -0.1) is 0 Å². The van der Waals surface area contributed by atoms with Crippen molar-refractivity contribution in [1.29, 1.82) is 0 Å². The molecule has 4 N–H and O–H groups in total. The zero-order chi connectivity index (χ0) is 8.84. The second-order valence-corrected chi connectivity index (χ2v) is 4.47. The molecule has 2 saturated heterocycles. The van der Waals surface area contributed by atoms with E-state index in [0.717, 1.165) is 12.8 Å². The van der Waals surface area contributed by atoms with Crippen molar-refractivity contribution in [3.63, 3.8) is 0 Å². The predicted molar refractivity (Wildman–Crippen MR) is 49.9 cm³/mol. The van der Waals surface area contributed by atoms with Crippen molar-refractivity contribution in [2.45, 2.75) is 37.0 Å². The number of rotatable bonds is 0. The Morgan fingerprint density at radius 1 is 1.08 bits per heavy atom. The topological polar surface area (TPSA) is 65.2 Å². The number of urea groups is 1. The lowest BCUT2D eigenvalue weighted by molar-refractivity contribution is 0.246. The summed E-state index contributed by atoms with van der Waals surface area (Å²) in [6.45, 7) is 0. The van der Waals surface area contributed by atoms with Gasteiger partial charge in [0, 0.05) is 18.2 Å². The lowest BCUT2D eigenvalue weighted by Crippen LogP contribution is -2.56. The molecule has 4 atom stereocenters. The molecule has 0 aromatic carbocycles. The van der Waals surface area contributed by atoms with E-state index in [9.17, 15) is 4.79 Å². The molecule has 4 unspecified atom stereocenters. The third-order valence-corrected chi connectivity index (χ3v) is 3.87. The first-order valence-electron chi connectivity index (χ1n) is 4.58. The van der Waals surface area contributed by atoms with Gasteiger partial charge in [0.05, 0.1) is 18.1 Å². The van der Waals surface area contributed by atoms with Crippen LogP contribution in [0.1, 0.15) is 12.8 Å². The van der Waals surface area contributed by atoms with Crippen molar-refractivity contribution in [2.75, 3.05) is 0 Å². The quantitative estimate of drug-likeness (QED) is 0.391. The number of fused-ring (bicyclic) bond motifs is 3. The highest BCUT2D eigenvalue weighted by molar-refractivity contribution is 7.95. The fourth-order valence-corrected chi connectivity index (χ4v) is 3.33. The Balaban J connectivity index is 1.83. The Bertz CT molecular complexity index is 249. The summed E-state index contributed by atoms with van der Waals surface area (Å²) >= 11 is 1.55. The smallest absolute Gasteiger partial charge is 0.315 e. The number of nitrogens with one attached hydrogen (secondary N) is 4. The van der Waals surface area contributed by atoms with Crippen LogP contribution < -0.4 is 20.1 Å². The monoisotopic (exact) mass is 200 g/mol. The Labute approximate surface area is 80.7 Å². The van der Waals surface area contributed by atoms with Crippen LogP contribution in [0.15, 0.2) is 0 Å². The van der Waals surface area contributed by atoms with Gasteiger partial charge in [0.1, 0.15) is 0 Å². The summed E-state index contributed by atoms with van der Waals surface area (Å²) in [6.07, 6.45) is 2.20. The zero-order valence-electron chi connectivity index (χ0n) is 7.04. The molecule has 0 aromatic rings. The SMILES string of the molecule is O=C1NC2CCC3NSNC3C2N1. The van der Waals surface area contributed by atoms with Crippen LogP contribution in [0.5, 0.6) is 0 Å². The average Bonchev–Trinajstić information content (AvgIpc) is 2.65. The van der Waals surface area contributed by atoms with Crippen LogP contribution in [0.4, 0.5) is 4.79 Å². The summed E-state index contributed by atoms with van der Waals surface area (Å²) in [7, 11) is 0. The van der Waals surface area contributed by atoms with Gasteiger partial charge in [-0.25, -0.2) is 14.2 Å². The molecule has 5 nitrogen and oxygen atoms in total. The van der Waals surface area contributed by atoms with E-state index in [1.807, 2.05) is 0 Å². The van der Waals surface area contributed by atoms with Crippen LogP contribution in [0.2, 0.25) is 0 Å². The number of hydrogen-bond donors (Lipinski definition) is 4. The van der Waals surface area contributed by atoms with Crippen molar-refractivity contribution < 1.29 is 4.79 Å². The highest BCUT2D eigenvalue weighted by Crippen LogP contribution is 2.28. The molecule has 1 aliphatic carbocycles. The highest BCUT2D eigenvalue weighted by Gasteiger charge is 2.46. The molecule has 2 amide bonds. The molecule has 13 heavy (non-hydrogen) atoms. The highest BCUT2D eigenvalue weighted by atomic mass is 32.2. The van der Waals surface area contributed by atoms with Crippen LogP contribution in [0, 0.1) is 0 Å². The largest absolute Gasteiger partial charge is 0.333 e. The van der Waals surface area contributed by atoms with E-state index in [4.69, 9.17) is 0 Å². The summed E-state index contributed by atoms with van der Waals surface area (Å²) in [6, 6.07) is 1.44. The fourth-order valence-electron chi connectivity index (χ4n) is 2.40. The van der Waals surface area contributed by atoms with Crippen molar-refractivity contribution in [3.8, 4) is 0 Å². The molecule has 6 heteroatoms. The van der Waals surface area contributed by atoms with Gasteiger partial charge in [0.2, 0.25) is 0 Å². The maximum absolute atomic E-state index is 11.1. The van der Waals surface area contributed by atoms with Gasteiger partial charge in [-0.05, 0) is 12.8 Å². The van der Waals surface area contributed by atoms with Crippen LogP contribution in [0.25, 0.3) is 0 Å². The molecule has 0 aromatic heterocycles. The van der Waals surface area contributed by atoms with Crippen molar-refractivity contribution in [1.82, 2.24) is 20.1 Å². The number of carbonyl (C=O) groups excluding carboxylic acids is 1. The molecule has 72 valence electrons. The van der Waals surface area contributed by atoms with Crippen molar-refractivity contribution in [3.05, 3.63) is 0 Å². The minimum Gasteiger partial charge on any atom is -0.333 e. The summed E-state index contributed by atoms with van der Waals surface area (Å²) in [4.78, 5) is 11.1. The molecule has 3 rings (SSSR count). The predicted octanol–water partition coefficient (Wildman–Crippen LogP) is -0.677. The molecular weight excluding hydrogens is 188 g/mol. The molecular formula is C7H12N4OS. The van der Waals surface area contributed by atoms with E-state index < -0.39 is 0 Å². The Morgan fingerprint density at radius 2 is 1.92 bits per heavy atom. The van der Waals surface area contributed by atoms with Gasteiger partial charge in [-0.3, -0.25) is 0 Å². The minimum atomic E-state index is -0.0191. The fraction of sp³-hybridized carbons (Fsp3) is 0.857. The van der Waals surface area contributed by atoms with Gasteiger partial charge in [0.25, 0.3) is 0 Å². The van der Waals surface area contributed by atoms with Crippen LogP contribution in [0.3, 0.4) is 0 Å². The van der Waals surface area contributed by atoms with E-state index in [-0.39, 0.29) is 12.1 Å². The number of amides is 2. The molecule has 0 spiro atoms. The average molecular weight is 200 g/mol. The van der Waals surface area contributed by atoms with E-state index in [1.165, 1.54) is 0 Å². The van der Waals surface area contributed by atoms with Gasteiger partial charge in [-0.2, -0.15) is 0 Å². The molecule has 1 saturated carbocycles. The molecule has 0 radical (unpaired) electrons. The minimum absolute atomic E-state index is 0.0191. The summed E-state index contributed by atoms with van der Waals surface area (Å²) in [5, 5.41) is 5.90. The molecule has 3 aliphatic rings. The van der Waals surface area contributed by atoms with Crippen LogP contribution in [-0.2, 0) is 0 Å². The van der Waals surface area contributed by atoms with Gasteiger partial charge >= 0.3 is 6.03 Å². The van der Waals surface area contributed by atoms with Gasteiger partial charge in [-0.1, -0.05) is 0 Å². The van der Waals surface area contributed by atoms with Crippen molar-refractivity contribution >= 4 is 18.2 Å². The van der Waals surface area contributed by atoms with Gasteiger partial charge < -0.3 is 10.6 Å². The lowest BCUT2D eigenvalue weighted by atomic mass is 9.84. The Morgan fingerprint density at radius 3 is 2.85 bits per heavy atom. The zero-order valence-corrected chi connectivity index (χ0v) is 7.86. The Hall–Kier alpha value is -0.460. The normalized spacial score (nSPS) is 47.8. The molecule has 2 aliphatic heterocycles. The maximum Gasteiger partial charge on any atom is 0.315 e. The first-order valence-corrected chi connectivity index (χ1v) is 5.40. The summed E-state index contributed by atoms with van der Waals surface area (Å²) < 4.78 is 6.61. The summed E-state index contributed by atoms with van der Waals surface area (Å²) in [5.74, 6) is 0. The number of hydrogen-bond acceptors (Lipinski definition) is 4. The third-order valence-electron chi connectivity index (χ3n) is 3.06. The third kappa shape index (κ3) is 1.13. The lowest BCUT2D eigenvalue weighted by Gasteiger charge is -2.33. The maximum atomic E-state index is 11.1. The van der Waals surface area contributed by atoms with E-state index in [1.54, 1.807) is 12.1 Å². The summed E-state index contributed by atoms with van der Waals surface area (Å²) in [5.41, 5.74) is 0.